The summed E-state index contributed by atoms with van der Waals surface area (Å²) in [4.78, 5) is 22.7. The normalized spacial score (nSPS) is 20.2. The Morgan fingerprint density at radius 2 is 1.87 bits per heavy atom. The maximum atomic E-state index is 13.9. The standard InChI is InChI=1S/C27H28F4N6O/c28-22-4-3-17(10-21(22)27(29,30)31)18-11-23(37(13-18)14-19-2-1-7-32-19)16-5-8-36(9-6-16)26-20-12-24(38)35-25(20)33-15-34-26/h3-4,10-11,13,15-16,19,32H,1-2,5-9,12,14H2,(H,33,34,35,38). The Labute approximate surface area is 217 Å². The van der Waals surface area contributed by atoms with Crippen molar-refractivity contribution in [2.24, 2.45) is 0 Å². The number of benzene rings is 1. The molecule has 2 saturated heterocycles. The van der Waals surface area contributed by atoms with Crippen molar-refractivity contribution < 1.29 is 22.4 Å². The number of halogens is 4. The highest BCUT2D eigenvalue weighted by Gasteiger charge is 2.35. The van der Waals surface area contributed by atoms with Gasteiger partial charge in [0.05, 0.1) is 12.0 Å². The number of hydrogen-bond acceptors (Lipinski definition) is 5. The second-order valence-electron chi connectivity index (χ2n) is 10.3. The van der Waals surface area contributed by atoms with E-state index >= 15 is 0 Å². The number of nitrogens with zero attached hydrogens (tertiary/aromatic N) is 4. The average molecular weight is 529 g/mol. The topological polar surface area (TPSA) is 75.1 Å². The van der Waals surface area contributed by atoms with Crippen LogP contribution in [0.4, 0.5) is 29.2 Å². The highest BCUT2D eigenvalue weighted by atomic mass is 19.4. The quantitative estimate of drug-likeness (QED) is 0.469. The van der Waals surface area contributed by atoms with Crippen LogP contribution >= 0.6 is 0 Å². The fourth-order valence-electron chi connectivity index (χ4n) is 5.93. The SMILES string of the molecule is O=C1Cc2c(ncnc2N2CCC(c3cc(-c4ccc(F)c(C(F)(F)F)c4)cn3CC3CCCN3)CC2)N1. The van der Waals surface area contributed by atoms with Crippen LogP contribution in [0.3, 0.4) is 0 Å². The summed E-state index contributed by atoms with van der Waals surface area (Å²) >= 11 is 0. The zero-order valence-electron chi connectivity index (χ0n) is 20.7. The minimum atomic E-state index is -4.76. The molecule has 3 aliphatic rings. The van der Waals surface area contributed by atoms with Crippen LogP contribution in [0.15, 0.2) is 36.8 Å². The fourth-order valence-corrected chi connectivity index (χ4v) is 5.93. The van der Waals surface area contributed by atoms with E-state index < -0.39 is 17.6 Å². The molecule has 7 nitrogen and oxygen atoms in total. The molecule has 1 aromatic carbocycles. The number of hydrogen-bond donors (Lipinski definition) is 2. The first kappa shape index (κ1) is 24.8. The number of anilines is 2. The summed E-state index contributed by atoms with van der Waals surface area (Å²) in [7, 11) is 0. The number of piperidine rings is 1. The summed E-state index contributed by atoms with van der Waals surface area (Å²) in [5.41, 5.74) is 1.66. The number of carbonyl (C=O) groups is 1. The van der Waals surface area contributed by atoms with Gasteiger partial charge in [0.1, 0.15) is 23.8 Å². The first-order chi connectivity index (χ1) is 18.3. The number of amides is 1. The van der Waals surface area contributed by atoms with Crippen LogP contribution in [-0.4, -0.2) is 46.1 Å². The molecular formula is C27H28F4N6O. The summed E-state index contributed by atoms with van der Waals surface area (Å²) in [5, 5.41) is 6.27. The van der Waals surface area contributed by atoms with Gasteiger partial charge in [0.2, 0.25) is 5.91 Å². The number of carbonyl (C=O) groups excluding carboxylic acids is 1. The van der Waals surface area contributed by atoms with Crippen molar-refractivity contribution in [2.75, 3.05) is 29.9 Å². The van der Waals surface area contributed by atoms with Gasteiger partial charge in [-0.1, -0.05) is 6.07 Å². The Morgan fingerprint density at radius 3 is 2.61 bits per heavy atom. The summed E-state index contributed by atoms with van der Waals surface area (Å²) < 4.78 is 56.3. The van der Waals surface area contributed by atoms with E-state index in [1.807, 2.05) is 12.3 Å². The Hall–Kier alpha value is -3.47. The average Bonchev–Trinajstić information content (AvgIpc) is 3.63. The molecule has 0 saturated carbocycles. The van der Waals surface area contributed by atoms with Crippen molar-refractivity contribution in [3.8, 4) is 11.1 Å². The third-order valence-electron chi connectivity index (χ3n) is 7.85. The molecule has 2 N–H and O–H groups in total. The van der Waals surface area contributed by atoms with Crippen molar-refractivity contribution in [2.45, 2.75) is 56.8 Å². The van der Waals surface area contributed by atoms with Gasteiger partial charge >= 0.3 is 6.18 Å². The van der Waals surface area contributed by atoms with Crippen LogP contribution in [0, 0.1) is 5.82 Å². The van der Waals surface area contributed by atoms with Crippen LogP contribution in [-0.2, 0) is 23.9 Å². The van der Waals surface area contributed by atoms with Gasteiger partial charge in [-0.2, -0.15) is 13.2 Å². The van der Waals surface area contributed by atoms with Gasteiger partial charge in [-0.15, -0.1) is 0 Å². The molecule has 2 aromatic heterocycles. The predicted molar refractivity (Wildman–Crippen MR) is 134 cm³/mol. The number of alkyl halides is 3. The van der Waals surface area contributed by atoms with E-state index in [4.69, 9.17) is 0 Å². The van der Waals surface area contributed by atoms with Crippen LogP contribution in [0.5, 0.6) is 0 Å². The maximum absolute atomic E-state index is 13.9. The monoisotopic (exact) mass is 528 g/mol. The lowest BCUT2D eigenvalue weighted by Gasteiger charge is -2.34. The van der Waals surface area contributed by atoms with E-state index in [0.717, 1.165) is 81.1 Å². The van der Waals surface area contributed by atoms with Crippen LogP contribution in [0.2, 0.25) is 0 Å². The third-order valence-corrected chi connectivity index (χ3v) is 7.85. The zero-order valence-corrected chi connectivity index (χ0v) is 20.7. The Morgan fingerprint density at radius 1 is 1.05 bits per heavy atom. The van der Waals surface area contributed by atoms with Crippen molar-refractivity contribution in [3.63, 3.8) is 0 Å². The predicted octanol–water partition coefficient (Wildman–Crippen LogP) is 4.73. The molecule has 6 rings (SSSR count). The van der Waals surface area contributed by atoms with E-state index in [2.05, 4.69) is 30.1 Å². The number of fused-ring (bicyclic) bond motifs is 1. The van der Waals surface area contributed by atoms with Gasteiger partial charge in [0, 0.05) is 49.0 Å². The Kier molecular flexibility index (Phi) is 6.33. The molecule has 11 heteroatoms. The summed E-state index contributed by atoms with van der Waals surface area (Å²) in [6.07, 6.45) is 2.69. The van der Waals surface area contributed by atoms with Crippen LogP contribution < -0.4 is 15.5 Å². The molecule has 1 atom stereocenters. The van der Waals surface area contributed by atoms with E-state index in [1.165, 1.54) is 12.4 Å². The van der Waals surface area contributed by atoms with Crippen molar-refractivity contribution in [1.82, 2.24) is 19.9 Å². The smallest absolute Gasteiger partial charge is 0.356 e. The molecule has 3 aliphatic heterocycles. The first-order valence-electron chi connectivity index (χ1n) is 13.0. The third kappa shape index (κ3) is 4.75. The van der Waals surface area contributed by atoms with E-state index in [-0.39, 0.29) is 18.2 Å². The van der Waals surface area contributed by atoms with Crippen molar-refractivity contribution in [3.05, 3.63) is 59.4 Å². The molecule has 1 unspecified atom stereocenters. The molecule has 0 spiro atoms. The van der Waals surface area contributed by atoms with Gasteiger partial charge in [-0.05, 0) is 61.6 Å². The fraction of sp³-hybridized carbons (Fsp3) is 0.444. The largest absolute Gasteiger partial charge is 0.419 e. The minimum Gasteiger partial charge on any atom is -0.356 e. The second-order valence-corrected chi connectivity index (χ2v) is 10.3. The second kappa shape index (κ2) is 9.68. The van der Waals surface area contributed by atoms with E-state index in [1.54, 1.807) is 0 Å². The van der Waals surface area contributed by atoms with Gasteiger partial charge in [-0.25, -0.2) is 14.4 Å². The van der Waals surface area contributed by atoms with Gasteiger partial charge in [0.15, 0.2) is 0 Å². The number of aromatic nitrogens is 3. The zero-order chi connectivity index (χ0) is 26.4. The highest BCUT2D eigenvalue weighted by Crippen LogP contribution is 2.38. The molecular weight excluding hydrogens is 500 g/mol. The van der Waals surface area contributed by atoms with Crippen LogP contribution in [0.1, 0.15) is 48.4 Å². The van der Waals surface area contributed by atoms with Crippen LogP contribution in [0.25, 0.3) is 11.1 Å². The summed E-state index contributed by atoms with van der Waals surface area (Å²) in [6.45, 7) is 3.16. The number of rotatable bonds is 5. The lowest BCUT2D eigenvalue weighted by Crippen LogP contribution is -2.35. The van der Waals surface area contributed by atoms with Gasteiger partial charge < -0.3 is 20.1 Å². The molecule has 1 amide bonds. The Bertz CT molecular complexity index is 1360. The molecule has 0 aliphatic carbocycles. The van der Waals surface area contributed by atoms with Gasteiger partial charge in [0.25, 0.3) is 0 Å². The molecule has 5 heterocycles. The highest BCUT2D eigenvalue weighted by molar-refractivity contribution is 5.99. The van der Waals surface area contributed by atoms with Crippen molar-refractivity contribution >= 4 is 17.5 Å². The molecule has 0 bridgehead atoms. The van der Waals surface area contributed by atoms with E-state index in [9.17, 15) is 22.4 Å². The maximum Gasteiger partial charge on any atom is 0.419 e. The molecule has 0 radical (unpaired) electrons. The van der Waals surface area contributed by atoms with E-state index in [0.29, 0.717) is 23.0 Å². The lowest BCUT2D eigenvalue weighted by molar-refractivity contribution is -0.140. The summed E-state index contributed by atoms with van der Waals surface area (Å²) in [6, 6.07) is 5.48. The molecule has 38 heavy (non-hydrogen) atoms. The van der Waals surface area contributed by atoms with Gasteiger partial charge in [-0.3, -0.25) is 4.79 Å². The Balaban J connectivity index is 1.27. The molecule has 200 valence electrons. The lowest BCUT2D eigenvalue weighted by atomic mass is 9.92. The number of nitrogens with one attached hydrogen (secondary N) is 2. The summed E-state index contributed by atoms with van der Waals surface area (Å²) in [5.74, 6) is 0.207. The first-order valence-corrected chi connectivity index (χ1v) is 13.0. The van der Waals surface area contributed by atoms with Crippen molar-refractivity contribution in [1.29, 1.82) is 0 Å². The minimum absolute atomic E-state index is 0.0861. The molecule has 2 fully saturated rings. The molecule has 3 aromatic rings.